The summed E-state index contributed by atoms with van der Waals surface area (Å²) < 4.78 is 5.45. The lowest BCUT2D eigenvalue weighted by atomic mass is 10.1. The van der Waals surface area contributed by atoms with Gasteiger partial charge in [-0.05, 0) is 30.2 Å². The summed E-state index contributed by atoms with van der Waals surface area (Å²) >= 11 is 1.82. The van der Waals surface area contributed by atoms with Crippen molar-refractivity contribution in [1.29, 1.82) is 0 Å². The molecule has 1 aliphatic rings. The summed E-state index contributed by atoms with van der Waals surface area (Å²) in [4.78, 5) is 9.45. The van der Waals surface area contributed by atoms with E-state index in [1.165, 1.54) is 20.9 Å². The molecule has 0 atom stereocenters. The third kappa shape index (κ3) is 7.06. The SMILES string of the molecule is CN=C(NCc1ccc(C)s1)NCc1ccccc1CN1CCOCC1.I. The van der Waals surface area contributed by atoms with E-state index in [0.717, 1.165) is 51.9 Å². The zero-order chi connectivity index (χ0) is 18.2. The Bertz CT molecular complexity index is 728. The molecule has 0 saturated carbocycles. The zero-order valence-electron chi connectivity index (χ0n) is 16.0. The second-order valence-electron chi connectivity index (χ2n) is 6.45. The van der Waals surface area contributed by atoms with E-state index in [2.05, 4.69) is 63.8 Å². The van der Waals surface area contributed by atoms with Gasteiger partial charge in [-0.1, -0.05) is 24.3 Å². The van der Waals surface area contributed by atoms with Gasteiger partial charge in [-0.3, -0.25) is 9.89 Å². The van der Waals surface area contributed by atoms with Crippen molar-refractivity contribution in [1.82, 2.24) is 15.5 Å². The summed E-state index contributed by atoms with van der Waals surface area (Å²) in [6.45, 7) is 8.35. The van der Waals surface area contributed by atoms with Crippen molar-refractivity contribution in [3.8, 4) is 0 Å². The summed E-state index contributed by atoms with van der Waals surface area (Å²) in [5, 5.41) is 6.83. The quantitative estimate of drug-likeness (QED) is 0.363. The number of hydrogen-bond donors (Lipinski definition) is 2. The molecule has 1 saturated heterocycles. The van der Waals surface area contributed by atoms with Crippen LogP contribution in [-0.4, -0.2) is 44.2 Å². The summed E-state index contributed by atoms with van der Waals surface area (Å²) in [5.41, 5.74) is 2.68. The van der Waals surface area contributed by atoms with E-state index in [9.17, 15) is 0 Å². The highest BCUT2D eigenvalue weighted by Crippen LogP contribution is 2.15. The Morgan fingerprint density at radius 1 is 1.07 bits per heavy atom. The number of morpholine rings is 1. The van der Waals surface area contributed by atoms with Crippen LogP contribution in [0.1, 0.15) is 20.9 Å². The van der Waals surface area contributed by atoms with Crippen LogP contribution in [0.3, 0.4) is 0 Å². The van der Waals surface area contributed by atoms with Gasteiger partial charge in [0.1, 0.15) is 0 Å². The van der Waals surface area contributed by atoms with Gasteiger partial charge >= 0.3 is 0 Å². The molecule has 2 N–H and O–H groups in total. The smallest absolute Gasteiger partial charge is 0.191 e. The Morgan fingerprint density at radius 3 is 2.44 bits per heavy atom. The lowest BCUT2D eigenvalue weighted by molar-refractivity contribution is 0.0341. The van der Waals surface area contributed by atoms with Gasteiger partial charge < -0.3 is 15.4 Å². The fourth-order valence-corrected chi connectivity index (χ4v) is 3.86. The van der Waals surface area contributed by atoms with Gasteiger partial charge in [0, 0.05) is 43.0 Å². The normalized spacial score (nSPS) is 15.3. The highest BCUT2D eigenvalue weighted by atomic mass is 127. The third-order valence-corrected chi connectivity index (χ3v) is 5.51. The summed E-state index contributed by atoms with van der Waals surface area (Å²) in [7, 11) is 1.81. The van der Waals surface area contributed by atoms with Crippen molar-refractivity contribution in [2.24, 2.45) is 4.99 Å². The average molecular weight is 500 g/mol. The van der Waals surface area contributed by atoms with E-state index < -0.39 is 0 Å². The molecule has 1 aliphatic heterocycles. The zero-order valence-corrected chi connectivity index (χ0v) is 19.2. The van der Waals surface area contributed by atoms with Gasteiger partial charge in [0.05, 0.1) is 19.8 Å². The van der Waals surface area contributed by atoms with Gasteiger partial charge in [-0.25, -0.2) is 0 Å². The lowest BCUT2D eigenvalue weighted by Gasteiger charge is -2.27. The molecule has 148 valence electrons. The number of halogens is 1. The van der Waals surface area contributed by atoms with Gasteiger partial charge in [0.2, 0.25) is 0 Å². The van der Waals surface area contributed by atoms with E-state index in [-0.39, 0.29) is 24.0 Å². The van der Waals surface area contributed by atoms with E-state index in [1.54, 1.807) is 0 Å². The van der Waals surface area contributed by atoms with Crippen LogP contribution in [0.15, 0.2) is 41.4 Å². The minimum Gasteiger partial charge on any atom is -0.379 e. The number of nitrogens with one attached hydrogen (secondary N) is 2. The predicted molar refractivity (Wildman–Crippen MR) is 124 cm³/mol. The van der Waals surface area contributed by atoms with Crippen molar-refractivity contribution in [3.05, 3.63) is 57.3 Å². The van der Waals surface area contributed by atoms with Gasteiger partial charge in [0.25, 0.3) is 0 Å². The van der Waals surface area contributed by atoms with Gasteiger partial charge in [-0.15, -0.1) is 35.3 Å². The maximum absolute atomic E-state index is 5.45. The van der Waals surface area contributed by atoms with Crippen LogP contribution >= 0.6 is 35.3 Å². The Kier molecular flexibility index (Phi) is 9.53. The van der Waals surface area contributed by atoms with E-state index in [1.807, 2.05) is 18.4 Å². The first kappa shape index (κ1) is 22.1. The Morgan fingerprint density at radius 2 is 1.78 bits per heavy atom. The van der Waals surface area contributed by atoms with Crippen molar-refractivity contribution in [2.75, 3.05) is 33.4 Å². The minimum absolute atomic E-state index is 0. The Labute approximate surface area is 183 Å². The molecule has 0 bridgehead atoms. The molecular formula is C20H29IN4OS. The largest absolute Gasteiger partial charge is 0.379 e. The molecule has 1 aromatic heterocycles. The maximum Gasteiger partial charge on any atom is 0.191 e. The molecule has 2 heterocycles. The molecule has 1 fully saturated rings. The van der Waals surface area contributed by atoms with Gasteiger partial charge in [0.15, 0.2) is 5.96 Å². The second-order valence-corrected chi connectivity index (χ2v) is 7.82. The molecule has 0 spiro atoms. The van der Waals surface area contributed by atoms with Crippen LogP contribution in [-0.2, 0) is 24.4 Å². The molecule has 0 radical (unpaired) electrons. The van der Waals surface area contributed by atoms with E-state index in [4.69, 9.17) is 4.74 Å². The number of nitrogens with zero attached hydrogens (tertiary/aromatic N) is 2. The summed E-state index contributed by atoms with van der Waals surface area (Å²) in [6.07, 6.45) is 0. The molecular weight excluding hydrogens is 471 g/mol. The number of aliphatic imine (C=N–C) groups is 1. The fraction of sp³-hybridized carbons (Fsp3) is 0.450. The number of benzene rings is 1. The molecule has 0 unspecified atom stereocenters. The monoisotopic (exact) mass is 500 g/mol. The molecule has 0 aliphatic carbocycles. The number of thiophene rings is 1. The number of aryl methyl sites for hydroxylation is 1. The van der Waals surface area contributed by atoms with Crippen molar-refractivity contribution in [2.45, 2.75) is 26.6 Å². The number of ether oxygens (including phenoxy) is 1. The standard InChI is InChI=1S/C20H28N4OS.HI/c1-16-7-8-19(26-16)14-23-20(21-2)22-13-17-5-3-4-6-18(17)15-24-9-11-25-12-10-24;/h3-8H,9-15H2,1-2H3,(H2,21,22,23);1H. The van der Waals surface area contributed by atoms with Crippen LogP contribution in [0, 0.1) is 6.92 Å². The molecule has 7 heteroatoms. The van der Waals surface area contributed by atoms with Crippen LogP contribution in [0.2, 0.25) is 0 Å². The van der Waals surface area contributed by atoms with Crippen LogP contribution in [0.5, 0.6) is 0 Å². The topological polar surface area (TPSA) is 48.9 Å². The highest BCUT2D eigenvalue weighted by molar-refractivity contribution is 14.0. The number of guanidine groups is 1. The van der Waals surface area contributed by atoms with Crippen molar-refractivity contribution < 1.29 is 4.74 Å². The third-order valence-electron chi connectivity index (χ3n) is 4.51. The van der Waals surface area contributed by atoms with Gasteiger partial charge in [-0.2, -0.15) is 0 Å². The van der Waals surface area contributed by atoms with Crippen LogP contribution < -0.4 is 10.6 Å². The molecule has 0 amide bonds. The molecule has 1 aromatic carbocycles. The highest BCUT2D eigenvalue weighted by Gasteiger charge is 2.12. The second kappa shape index (κ2) is 11.6. The number of rotatable bonds is 6. The van der Waals surface area contributed by atoms with Crippen molar-refractivity contribution in [3.63, 3.8) is 0 Å². The average Bonchev–Trinajstić information content (AvgIpc) is 3.09. The molecule has 5 nitrogen and oxygen atoms in total. The van der Waals surface area contributed by atoms with E-state index >= 15 is 0 Å². The van der Waals surface area contributed by atoms with Crippen LogP contribution in [0.25, 0.3) is 0 Å². The summed E-state index contributed by atoms with van der Waals surface area (Å²) in [6, 6.07) is 12.9. The predicted octanol–water partition coefficient (Wildman–Crippen LogP) is 3.37. The Hall–Kier alpha value is -1.16. The first-order valence-corrected chi connectivity index (χ1v) is 9.93. The summed E-state index contributed by atoms with van der Waals surface area (Å²) in [5.74, 6) is 0.831. The minimum atomic E-state index is 0. The lowest BCUT2D eigenvalue weighted by Crippen LogP contribution is -2.37. The molecule has 27 heavy (non-hydrogen) atoms. The van der Waals surface area contributed by atoms with E-state index in [0.29, 0.717) is 0 Å². The maximum atomic E-state index is 5.45. The first-order valence-electron chi connectivity index (χ1n) is 9.11. The first-order chi connectivity index (χ1) is 12.7. The fourth-order valence-electron chi connectivity index (χ4n) is 3.03. The van der Waals surface area contributed by atoms with Crippen LogP contribution in [0.4, 0.5) is 0 Å². The molecule has 3 rings (SSSR count). The molecule has 2 aromatic rings. The number of hydrogen-bond acceptors (Lipinski definition) is 4. The van der Waals surface area contributed by atoms with Crippen molar-refractivity contribution >= 4 is 41.3 Å². The Balaban J connectivity index is 0.00000261.